The smallest absolute Gasteiger partial charge is 0.0615 e. The van der Waals surface area contributed by atoms with Gasteiger partial charge in [-0.15, -0.1) is 0 Å². The van der Waals surface area contributed by atoms with E-state index in [2.05, 4.69) is 17.3 Å². The van der Waals surface area contributed by atoms with E-state index in [0.717, 1.165) is 45.1 Å². The summed E-state index contributed by atoms with van der Waals surface area (Å²) in [5.41, 5.74) is 5.52. The number of hydrogen-bond donors (Lipinski definition) is 2. The van der Waals surface area contributed by atoms with Crippen molar-refractivity contribution >= 4 is 0 Å². The monoisotopic (exact) mass is 229 g/mol. The van der Waals surface area contributed by atoms with Crippen LogP contribution in [0.1, 0.15) is 25.7 Å². The lowest BCUT2D eigenvalue weighted by molar-refractivity contribution is 0.159. The molecule has 4 heteroatoms. The first-order valence-corrected chi connectivity index (χ1v) is 6.40. The van der Waals surface area contributed by atoms with E-state index in [-0.39, 0.29) is 0 Å². The summed E-state index contributed by atoms with van der Waals surface area (Å²) in [4.78, 5) is 2.44. The van der Waals surface area contributed by atoms with Crippen molar-refractivity contribution in [3.63, 3.8) is 0 Å². The third-order valence-corrected chi connectivity index (χ3v) is 3.19. The molecule has 0 aromatic heterocycles. The summed E-state index contributed by atoms with van der Waals surface area (Å²) in [6.07, 6.45) is 4.94. The van der Waals surface area contributed by atoms with Crippen LogP contribution in [0.2, 0.25) is 0 Å². The highest BCUT2D eigenvalue weighted by molar-refractivity contribution is 4.82. The van der Waals surface area contributed by atoms with E-state index in [0.29, 0.717) is 6.04 Å². The van der Waals surface area contributed by atoms with E-state index in [4.69, 9.17) is 10.5 Å². The largest absolute Gasteiger partial charge is 0.383 e. The van der Waals surface area contributed by atoms with Crippen molar-refractivity contribution in [2.24, 2.45) is 5.73 Å². The first-order valence-electron chi connectivity index (χ1n) is 6.40. The minimum atomic E-state index is 0.459. The Morgan fingerprint density at radius 1 is 1.50 bits per heavy atom. The van der Waals surface area contributed by atoms with Gasteiger partial charge in [-0.1, -0.05) is 0 Å². The second-order valence-corrected chi connectivity index (χ2v) is 4.75. The van der Waals surface area contributed by atoms with E-state index in [1.165, 1.54) is 12.8 Å². The van der Waals surface area contributed by atoms with Crippen LogP contribution in [0.15, 0.2) is 0 Å². The molecule has 0 radical (unpaired) electrons. The number of ether oxygens (including phenoxy) is 1. The van der Waals surface area contributed by atoms with Crippen molar-refractivity contribution in [1.82, 2.24) is 10.2 Å². The van der Waals surface area contributed by atoms with E-state index < -0.39 is 0 Å². The molecule has 0 aliphatic heterocycles. The standard InChI is InChI=1S/C12H27N3O/c1-15(12-5-6-12)9-8-14-11(10-16-2)4-3-7-13/h11-12,14H,3-10,13H2,1-2H3. The molecule has 0 aromatic carbocycles. The molecule has 3 N–H and O–H groups in total. The van der Waals surface area contributed by atoms with Gasteiger partial charge in [0.05, 0.1) is 6.61 Å². The summed E-state index contributed by atoms with van der Waals surface area (Å²) in [5, 5.41) is 3.55. The fourth-order valence-electron chi connectivity index (χ4n) is 1.95. The van der Waals surface area contributed by atoms with Gasteiger partial charge in [-0.3, -0.25) is 0 Å². The molecule has 0 amide bonds. The Morgan fingerprint density at radius 3 is 2.81 bits per heavy atom. The predicted molar refractivity (Wildman–Crippen MR) is 67.6 cm³/mol. The van der Waals surface area contributed by atoms with Gasteiger partial charge in [0.2, 0.25) is 0 Å². The highest BCUT2D eigenvalue weighted by Crippen LogP contribution is 2.24. The van der Waals surface area contributed by atoms with Gasteiger partial charge in [-0.25, -0.2) is 0 Å². The lowest BCUT2D eigenvalue weighted by Gasteiger charge is -2.21. The molecule has 1 rings (SSSR count). The van der Waals surface area contributed by atoms with Gasteiger partial charge < -0.3 is 20.7 Å². The molecule has 1 fully saturated rings. The van der Waals surface area contributed by atoms with Crippen LogP contribution in [-0.4, -0.2) is 57.4 Å². The Bertz CT molecular complexity index is 174. The highest BCUT2D eigenvalue weighted by atomic mass is 16.5. The molecule has 0 spiro atoms. The number of rotatable bonds is 10. The van der Waals surface area contributed by atoms with Gasteiger partial charge in [0.25, 0.3) is 0 Å². The molecular formula is C12H27N3O. The van der Waals surface area contributed by atoms with Gasteiger partial charge in [-0.2, -0.15) is 0 Å². The van der Waals surface area contributed by atoms with E-state index in [1.54, 1.807) is 7.11 Å². The average molecular weight is 229 g/mol. The van der Waals surface area contributed by atoms with Crippen molar-refractivity contribution in [3.05, 3.63) is 0 Å². The Hall–Kier alpha value is -0.160. The molecule has 1 saturated carbocycles. The minimum absolute atomic E-state index is 0.459. The molecule has 1 atom stereocenters. The van der Waals surface area contributed by atoms with Crippen LogP contribution < -0.4 is 11.1 Å². The fourth-order valence-corrected chi connectivity index (χ4v) is 1.95. The fraction of sp³-hybridized carbons (Fsp3) is 1.00. The number of nitrogens with one attached hydrogen (secondary N) is 1. The van der Waals surface area contributed by atoms with Crippen molar-refractivity contribution < 1.29 is 4.74 Å². The Morgan fingerprint density at radius 2 is 2.25 bits per heavy atom. The van der Waals surface area contributed by atoms with Crippen LogP contribution in [-0.2, 0) is 4.74 Å². The normalized spacial score (nSPS) is 18.0. The molecule has 1 unspecified atom stereocenters. The quantitative estimate of drug-likeness (QED) is 0.570. The first kappa shape index (κ1) is 13.9. The third-order valence-electron chi connectivity index (χ3n) is 3.19. The highest BCUT2D eigenvalue weighted by Gasteiger charge is 2.25. The summed E-state index contributed by atoms with van der Waals surface area (Å²) in [7, 11) is 3.97. The van der Waals surface area contributed by atoms with E-state index >= 15 is 0 Å². The molecule has 16 heavy (non-hydrogen) atoms. The minimum Gasteiger partial charge on any atom is -0.383 e. The van der Waals surface area contributed by atoms with Crippen LogP contribution in [0, 0.1) is 0 Å². The molecule has 0 bridgehead atoms. The van der Waals surface area contributed by atoms with Crippen LogP contribution in [0.4, 0.5) is 0 Å². The zero-order valence-corrected chi connectivity index (χ0v) is 10.7. The maximum Gasteiger partial charge on any atom is 0.0615 e. The van der Waals surface area contributed by atoms with Crippen molar-refractivity contribution in [2.75, 3.05) is 40.4 Å². The maximum atomic E-state index is 5.52. The van der Waals surface area contributed by atoms with E-state index in [9.17, 15) is 0 Å². The summed E-state index contributed by atoms with van der Waals surface area (Å²) in [5.74, 6) is 0. The zero-order chi connectivity index (χ0) is 11.8. The number of likely N-dealkylation sites (N-methyl/N-ethyl adjacent to an activating group) is 1. The van der Waals surface area contributed by atoms with Gasteiger partial charge >= 0.3 is 0 Å². The third kappa shape index (κ3) is 5.80. The van der Waals surface area contributed by atoms with Crippen LogP contribution in [0.3, 0.4) is 0 Å². The molecule has 1 aliphatic rings. The topological polar surface area (TPSA) is 50.5 Å². The Kier molecular flexibility index (Phi) is 6.96. The van der Waals surface area contributed by atoms with Crippen molar-refractivity contribution in [3.8, 4) is 0 Å². The number of nitrogens with two attached hydrogens (primary N) is 1. The summed E-state index contributed by atoms with van der Waals surface area (Å²) in [6, 6.07) is 1.31. The number of methoxy groups -OCH3 is 1. The van der Waals surface area contributed by atoms with Crippen LogP contribution >= 0.6 is 0 Å². The van der Waals surface area contributed by atoms with Crippen LogP contribution in [0.25, 0.3) is 0 Å². The lowest BCUT2D eigenvalue weighted by Crippen LogP contribution is -2.39. The van der Waals surface area contributed by atoms with Gasteiger partial charge in [-0.05, 0) is 39.3 Å². The number of hydrogen-bond acceptors (Lipinski definition) is 4. The lowest BCUT2D eigenvalue weighted by atomic mass is 10.1. The second-order valence-electron chi connectivity index (χ2n) is 4.75. The summed E-state index contributed by atoms with van der Waals surface area (Å²) < 4.78 is 5.20. The van der Waals surface area contributed by atoms with Gasteiger partial charge in [0, 0.05) is 32.3 Å². The Balaban J connectivity index is 2.05. The molecular weight excluding hydrogens is 202 g/mol. The van der Waals surface area contributed by atoms with Crippen molar-refractivity contribution in [1.29, 1.82) is 0 Å². The molecule has 0 heterocycles. The molecule has 0 aromatic rings. The first-order chi connectivity index (χ1) is 7.77. The molecule has 96 valence electrons. The average Bonchev–Trinajstić information content (AvgIpc) is 3.09. The van der Waals surface area contributed by atoms with Crippen LogP contribution in [0.5, 0.6) is 0 Å². The summed E-state index contributed by atoms with van der Waals surface area (Å²) >= 11 is 0. The SMILES string of the molecule is COCC(CCCN)NCCN(C)C1CC1. The predicted octanol–water partition coefficient (Wildman–Crippen LogP) is 0.424. The second kappa shape index (κ2) is 8.01. The Labute approximate surface area is 99.5 Å². The molecule has 1 aliphatic carbocycles. The zero-order valence-electron chi connectivity index (χ0n) is 10.7. The number of nitrogens with zero attached hydrogens (tertiary/aromatic N) is 1. The summed E-state index contributed by atoms with van der Waals surface area (Å²) in [6.45, 7) is 3.73. The van der Waals surface area contributed by atoms with Gasteiger partial charge in [0.15, 0.2) is 0 Å². The van der Waals surface area contributed by atoms with E-state index in [1.807, 2.05) is 0 Å². The molecule has 0 saturated heterocycles. The van der Waals surface area contributed by atoms with Gasteiger partial charge in [0.1, 0.15) is 0 Å². The van der Waals surface area contributed by atoms with Crippen molar-refractivity contribution in [2.45, 2.75) is 37.8 Å². The molecule has 4 nitrogen and oxygen atoms in total. The maximum absolute atomic E-state index is 5.52.